The zero-order valence-electron chi connectivity index (χ0n) is 16.2. The van der Waals surface area contributed by atoms with Gasteiger partial charge in [-0.05, 0) is 62.1 Å². The molecule has 26 heavy (non-hydrogen) atoms. The fourth-order valence-electron chi connectivity index (χ4n) is 4.93. The van der Waals surface area contributed by atoms with E-state index in [1.807, 2.05) is 0 Å². The van der Waals surface area contributed by atoms with E-state index in [9.17, 15) is 0 Å². The van der Waals surface area contributed by atoms with Crippen molar-refractivity contribution in [3.63, 3.8) is 0 Å². The highest BCUT2D eigenvalue weighted by molar-refractivity contribution is 6.05. The number of hydrogen-bond acceptors (Lipinski definition) is 1. The Labute approximate surface area is 157 Å². The van der Waals surface area contributed by atoms with Gasteiger partial charge in [0.05, 0.1) is 0 Å². The number of benzene rings is 2. The Morgan fingerprint density at radius 3 is 2.19 bits per heavy atom. The maximum Gasteiger partial charge on any atom is 0.0420 e. The third-order valence-electron chi connectivity index (χ3n) is 6.49. The molecule has 2 aliphatic rings. The van der Waals surface area contributed by atoms with Gasteiger partial charge in [-0.25, -0.2) is 0 Å². The van der Waals surface area contributed by atoms with Crippen molar-refractivity contribution in [2.45, 2.75) is 58.8 Å². The van der Waals surface area contributed by atoms with E-state index in [0.717, 1.165) is 5.71 Å². The molecule has 1 atom stereocenters. The van der Waals surface area contributed by atoms with Crippen molar-refractivity contribution in [2.24, 2.45) is 5.92 Å². The second-order valence-corrected chi connectivity index (χ2v) is 8.22. The van der Waals surface area contributed by atoms with E-state index in [-0.39, 0.29) is 0 Å². The van der Waals surface area contributed by atoms with Gasteiger partial charge in [0.15, 0.2) is 0 Å². The first kappa shape index (κ1) is 17.3. The zero-order chi connectivity index (χ0) is 18.3. The second kappa shape index (κ2) is 6.87. The minimum absolute atomic E-state index is 0.332. The molecule has 1 saturated carbocycles. The van der Waals surface area contributed by atoms with Crippen molar-refractivity contribution < 1.29 is 0 Å². The van der Waals surface area contributed by atoms with Crippen molar-refractivity contribution in [3.8, 4) is 0 Å². The molecule has 0 aliphatic heterocycles. The Hall–Kier alpha value is -2.15. The third kappa shape index (κ3) is 2.94. The summed E-state index contributed by atoms with van der Waals surface area (Å²) in [5.74, 6) is 0.762. The summed E-state index contributed by atoms with van der Waals surface area (Å²) in [4.78, 5) is 0. The molecule has 134 valence electrons. The van der Waals surface area contributed by atoms with Crippen molar-refractivity contribution >= 4 is 16.5 Å². The van der Waals surface area contributed by atoms with Crippen LogP contribution < -0.4 is 0 Å². The van der Waals surface area contributed by atoms with Gasteiger partial charge in [0.1, 0.15) is 0 Å². The zero-order valence-corrected chi connectivity index (χ0v) is 16.2. The number of nitrogens with one attached hydrogen (secondary N) is 1. The summed E-state index contributed by atoms with van der Waals surface area (Å²) >= 11 is 0. The fourth-order valence-corrected chi connectivity index (χ4v) is 4.93. The molecule has 1 N–H and O–H groups in total. The first-order valence-electron chi connectivity index (χ1n) is 10.0. The molecule has 4 rings (SSSR count). The molecule has 2 aromatic rings. The molecule has 0 aromatic heterocycles. The molecule has 2 aliphatic carbocycles. The van der Waals surface area contributed by atoms with Crippen molar-refractivity contribution in [2.75, 3.05) is 0 Å². The Morgan fingerprint density at radius 2 is 1.58 bits per heavy atom. The molecule has 0 spiro atoms. The molecule has 1 unspecified atom stereocenters. The van der Waals surface area contributed by atoms with Gasteiger partial charge in [-0.3, -0.25) is 0 Å². The molecule has 0 saturated heterocycles. The monoisotopic (exact) mass is 343 g/mol. The van der Waals surface area contributed by atoms with E-state index in [0.29, 0.717) is 11.8 Å². The minimum Gasteiger partial charge on any atom is -0.304 e. The Morgan fingerprint density at radius 1 is 0.923 bits per heavy atom. The van der Waals surface area contributed by atoms with Crippen LogP contribution in [0.2, 0.25) is 0 Å². The quantitative estimate of drug-likeness (QED) is 0.571. The van der Waals surface area contributed by atoms with Crippen LogP contribution in [0.15, 0.2) is 59.2 Å². The number of fused-ring (bicyclic) bond motifs is 1. The Bertz CT molecular complexity index is 922. The van der Waals surface area contributed by atoms with Crippen LogP contribution in [-0.4, -0.2) is 5.71 Å². The van der Waals surface area contributed by atoms with Gasteiger partial charge in [0, 0.05) is 23.1 Å². The summed E-state index contributed by atoms with van der Waals surface area (Å²) in [6.45, 7) is 6.72. The summed E-state index contributed by atoms with van der Waals surface area (Å²) in [6.07, 6.45) is 8.56. The van der Waals surface area contributed by atoms with Gasteiger partial charge in [0.2, 0.25) is 0 Å². The standard InChI is InChI=1S/C25H29N/c1-16-13-17(2)24(18(16)3)22-14-20-11-7-8-12-21(20)15-23(22)25(26)19-9-5-4-6-10-19/h7-8,11-15,19,24,26H,4-6,9-10H2,1-3H3. The minimum atomic E-state index is 0.332. The van der Waals surface area contributed by atoms with Crippen LogP contribution in [0.5, 0.6) is 0 Å². The molecule has 0 radical (unpaired) electrons. The predicted molar refractivity (Wildman–Crippen MR) is 112 cm³/mol. The van der Waals surface area contributed by atoms with Crippen LogP contribution in [-0.2, 0) is 0 Å². The normalized spacial score (nSPS) is 21.3. The van der Waals surface area contributed by atoms with Gasteiger partial charge in [0.25, 0.3) is 0 Å². The lowest BCUT2D eigenvalue weighted by molar-refractivity contribution is 0.438. The maximum absolute atomic E-state index is 9.05. The van der Waals surface area contributed by atoms with Crippen LogP contribution in [0.3, 0.4) is 0 Å². The lowest BCUT2D eigenvalue weighted by Gasteiger charge is -2.27. The first-order valence-corrected chi connectivity index (χ1v) is 10.0. The van der Waals surface area contributed by atoms with E-state index in [4.69, 9.17) is 5.41 Å². The first-order chi connectivity index (χ1) is 12.6. The van der Waals surface area contributed by atoms with Gasteiger partial charge < -0.3 is 5.41 Å². The third-order valence-corrected chi connectivity index (χ3v) is 6.49. The van der Waals surface area contributed by atoms with E-state index in [1.165, 1.54) is 70.7 Å². The molecule has 0 amide bonds. The topological polar surface area (TPSA) is 23.9 Å². The van der Waals surface area contributed by atoms with Gasteiger partial charge >= 0.3 is 0 Å². The van der Waals surface area contributed by atoms with Crippen molar-refractivity contribution in [1.29, 1.82) is 5.41 Å². The summed E-state index contributed by atoms with van der Waals surface area (Å²) in [5, 5.41) is 11.6. The highest BCUT2D eigenvalue weighted by Gasteiger charge is 2.28. The van der Waals surface area contributed by atoms with Crippen LogP contribution in [0.25, 0.3) is 10.8 Å². The molecular formula is C25H29N. The average molecular weight is 344 g/mol. The highest BCUT2D eigenvalue weighted by atomic mass is 14.5. The largest absolute Gasteiger partial charge is 0.304 e. The smallest absolute Gasteiger partial charge is 0.0420 e. The SMILES string of the molecule is CC1=CC(C)=C(C)C1c1cc2ccccc2cc1C(=N)C1CCCCC1. The fraction of sp³-hybridized carbons (Fsp3) is 0.400. The number of rotatable bonds is 3. The average Bonchev–Trinajstić information content (AvgIpc) is 2.92. The van der Waals surface area contributed by atoms with Crippen LogP contribution in [0.1, 0.15) is 69.9 Å². The maximum atomic E-state index is 9.05. The molecule has 0 bridgehead atoms. The van der Waals surface area contributed by atoms with E-state index >= 15 is 0 Å². The molecule has 0 heterocycles. The van der Waals surface area contributed by atoms with Gasteiger partial charge in [-0.1, -0.05) is 66.3 Å². The number of allylic oxidation sites excluding steroid dienone is 4. The molecule has 1 fully saturated rings. The predicted octanol–water partition coefficient (Wildman–Crippen LogP) is 7.17. The van der Waals surface area contributed by atoms with E-state index < -0.39 is 0 Å². The van der Waals surface area contributed by atoms with E-state index in [1.54, 1.807) is 0 Å². The van der Waals surface area contributed by atoms with Crippen LogP contribution in [0.4, 0.5) is 0 Å². The Kier molecular flexibility index (Phi) is 4.56. The summed E-state index contributed by atoms with van der Waals surface area (Å²) < 4.78 is 0. The van der Waals surface area contributed by atoms with Crippen molar-refractivity contribution in [1.82, 2.24) is 0 Å². The summed E-state index contributed by atoms with van der Waals surface area (Å²) in [6, 6.07) is 13.2. The molecule has 2 aromatic carbocycles. The van der Waals surface area contributed by atoms with Crippen LogP contribution in [0, 0.1) is 11.3 Å². The van der Waals surface area contributed by atoms with Crippen molar-refractivity contribution in [3.05, 3.63) is 70.3 Å². The number of hydrogen-bond donors (Lipinski definition) is 1. The molecule has 1 heteroatoms. The summed E-state index contributed by atoms with van der Waals surface area (Å²) in [5.41, 5.74) is 7.62. The highest BCUT2D eigenvalue weighted by Crippen LogP contribution is 2.42. The van der Waals surface area contributed by atoms with Gasteiger partial charge in [-0.15, -0.1) is 0 Å². The van der Waals surface area contributed by atoms with Crippen LogP contribution >= 0.6 is 0 Å². The lowest BCUT2D eigenvalue weighted by Crippen LogP contribution is -2.20. The summed E-state index contributed by atoms with van der Waals surface area (Å²) in [7, 11) is 0. The lowest BCUT2D eigenvalue weighted by atomic mass is 9.78. The second-order valence-electron chi connectivity index (χ2n) is 8.22. The van der Waals surface area contributed by atoms with E-state index in [2.05, 4.69) is 63.2 Å². The molecule has 1 nitrogen and oxygen atoms in total. The van der Waals surface area contributed by atoms with Gasteiger partial charge in [-0.2, -0.15) is 0 Å². The Balaban J connectivity index is 1.87. The molecular weight excluding hydrogens is 314 g/mol.